The molecule has 0 spiro atoms. The zero-order valence-electron chi connectivity index (χ0n) is 14.2. The standard InChI is InChI=1S/C17H21BrN4O3/c1-10(2)14-13(18)15(21-20-14)16(23)19-11-5-7-22(8-6-11)17(24)12-4-3-9-25-12/h3-4,9-11H,5-8H2,1-2H3,(H,19,23)(H,20,21). The molecule has 1 fully saturated rings. The van der Waals surface area contributed by atoms with Crippen LogP contribution in [0.2, 0.25) is 0 Å². The molecule has 8 heteroatoms. The maximum Gasteiger partial charge on any atom is 0.289 e. The van der Waals surface area contributed by atoms with Crippen molar-refractivity contribution in [1.29, 1.82) is 0 Å². The number of aromatic nitrogens is 2. The Labute approximate surface area is 154 Å². The molecule has 0 atom stereocenters. The van der Waals surface area contributed by atoms with Crippen molar-refractivity contribution in [2.24, 2.45) is 0 Å². The van der Waals surface area contributed by atoms with Crippen LogP contribution in [-0.4, -0.2) is 46.0 Å². The molecule has 0 aromatic carbocycles. The average Bonchev–Trinajstić information content (AvgIpc) is 3.24. The van der Waals surface area contributed by atoms with Gasteiger partial charge in [0, 0.05) is 19.1 Å². The molecule has 0 saturated carbocycles. The minimum atomic E-state index is -0.203. The summed E-state index contributed by atoms with van der Waals surface area (Å²) in [4.78, 5) is 26.5. The molecule has 0 unspecified atom stereocenters. The van der Waals surface area contributed by atoms with Crippen LogP contribution >= 0.6 is 15.9 Å². The first-order valence-corrected chi connectivity index (χ1v) is 9.14. The Morgan fingerprint density at radius 1 is 1.40 bits per heavy atom. The van der Waals surface area contributed by atoms with E-state index in [1.165, 1.54) is 6.26 Å². The minimum absolute atomic E-state index is 0.0271. The van der Waals surface area contributed by atoms with E-state index in [1.54, 1.807) is 17.0 Å². The van der Waals surface area contributed by atoms with Crippen LogP contribution in [0, 0.1) is 0 Å². The van der Waals surface area contributed by atoms with Crippen LogP contribution in [0.3, 0.4) is 0 Å². The summed E-state index contributed by atoms with van der Waals surface area (Å²) in [6.45, 7) is 5.24. The highest BCUT2D eigenvalue weighted by Crippen LogP contribution is 2.25. The van der Waals surface area contributed by atoms with Gasteiger partial charge in [-0.25, -0.2) is 0 Å². The zero-order valence-corrected chi connectivity index (χ0v) is 15.8. The first-order valence-electron chi connectivity index (χ1n) is 8.34. The van der Waals surface area contributed by atoms with Crippen molar-refractivity contribution in [1.82, 2.24) is 20.4 Å². The quantitative estimate of drug-likeness (QED) is 0.813. The van der Waals surface area contributed by atoms with Gasteiger partial charge in [0.2, 0.25) is 0 Å². The average molecular weight is 409 g/mol. The van der Waals surface area contributed by atoms with Crippen LogP contribution in [0.4, 0.5) is 0 Å². The number of carbonyl (C=O) groups excluding carboxylic acids is 2. The van der Waals surface area contributed by atoms with Crippen molar-refractivity contribution in [3.63, 3.8) is 0 Å². The Balaban J connectivity index is 1.55. The highest BCUT2D eigenvalue weighted by molar-refractivity contribution is 9.10. The highest BCUT2D eigenvalue weighted by Gasteiger charge is 2.27. The highest BCUT2D eigenvalue weighted by atomic mass is 79.9. The van der Waals surface area contributed by atoms with E-state index in [1.807, 2.05) is 13.8 Å². The van der Waals surface area contributed by atoms with Crippen molar-refractivity contribution in [3.8, 4) is 0 Å². The SMILES string of the molecule is CC(C)c1[nH]nc(C(=O)NC2CCN(C(=O)c3ccco3)CC2)c1Br. The van der Waals surface area contributed by atoms with Gasteiger partial charge in [-0.2, -0.15) is 5.10 Å². The Morgan fingerprint density at radius 3 is 2.68 bits per heavy atom. The van der Waals surface area contributed by atoms with Crippen LogP contribution < -0.4 is 5.32 Å². The van der Waals surface area contributed by atoms with Gasteiger partial charge in [0.15, 0.2) is 11.5 Å². The van der Waals surface area contributed by atoms with E-state index < -0.39 is 0 Å². The van der Waals surface area contributed by atoms with Crippen molar-refractivity contribution < 1.29 is 14.0 Å². The van der Waals surface area contributed by atoms with Crippen molar-refractivity contribution in [2.45, 2.75) is 38.6 Å². The number of furan rings is 1. The Kier molecular flexibility index (Phi) is 5.27. The summed E-state index contributed by atoms with van der Waals surface area (Å²) in [5.74, 6) is 0.292. The third kappa shape index (κ3) is 3.78. The van der Waals surface area contributed by atoms with Gasteiger partial charge in [-0.05, 0) is 46.8 Å². The lowest BCUT2D eigenvalue weighted by molar-refractivity contribution is 0.0667. The van der Waals surface area contributed by atoms with Crippen molar-refractivity contribution in [2.75, 3.05) is 13.1 Å². The number of halogens is 1. The molecule has 0 bridgehead atoms. The number of nitrogens with one attached hydrogen (secondary N) is 2. The van der Waals surface area contributed by atoms with E-state index in [0.717, 1.165) is 5.69 Å². The normalized spacial score (nSPS) is 15.6. The van der Waals surface area contributed by atoms with Gasteiger partial charge in [-0.3, -0.25) is 14.7 Å². The molecule has 25 heavy (non-hydrogen) atoms. The van der Waals surface area contributed by atoms with Crippen LogP contribution in [0.1, 0.15) is 59.3 Å². The second-order valence-electron chi connectivity index (χ2n) is 6.47. The van der Waals surface area contributed by atoms with Crippen LogP contribution in [0.25, 0.3) is 0 Å². The molecular weight excluding hydrogens is 388 g/mol. The predicted octanol–water partition coefficient (Wildman–Crippen LogP) is 2.92. The van der Waals surface area contributed by atoms with E-state index in [2.05, 4.69) is 31.4 Å². The van der Waals surface area contributed by atoms with Crippen LogP contribution in [0.5, 0.6) is 0 Å². The molecule has 2 amide bonds. The van der Waals surface area contributed by atoms with E-state index in [9.17, 15) is 9.59 Å². The summed E-state index contributed by atoms with van der Waals surface area (Å²) in [7, 11) is 0. The topological polar surface area (TPSA) is 91.2 Å². The summed E-state index contributed by atoms with van der Waals surface area (Å²) in [6, 6.07) is 3.39. The summed E-state index contributed by atoms with van der Waals surface area (Å²) < 4.78 is 5.87. The maximum absolute atomic E-state index is 12.5. The summed E-state index contributed by atoms with van der Waals surface area (Å²) in [6.07, 6.45) is 2.90. The Hall–Kier alpha value is -2.09. The molecule has 2 N–H and O–H groups in total. The molecule has 1 aliphatic heterocycles. The monoisotopic (exact) mass is 408 g/mol. The lowest BCUT2D eigenvalue weighted by Gasteiger charge is -2.31. The van der Waals surface area contributed by atoms with Crippen molar-refractivity contribution in [3.05, 3.63) is 40.0 Å². The lowest BCUT2D eigenvalue weighted by Crippen LogP contribution is -2.46. The third-order valence-electron chi connectivity index (χ3n) is 4.37. The smallest absolute Gasteiger partial charge is 0.289 e. The fourth-order valence-electron chi connectivity index (χ4n) is 2.91. The number of hydrogen-bond acceptors (Lipinski definition) is 4. The fourth-order valence-corrected chi connectivity index (χ4v) is 3.73. The Bertz CT molecular complexity index is 746. The van der Waals surface area contributed by atoms with Gasteiger partial charge in [0.25, 0.3) is 11.8 Å². The molecule has 1 saturated heterocycles. The van der Waals surface area contributed by atoms with Gasteiger partial charge in [-0.15, -0.1) is 0 Å². The summed E-state index contributed by atoms with van der Waals surface area (Å²) in [5, 5.41) is 10.0. The molecule has 0 radical (unpaired) electrons. The fraction of sp³-hybridized carbons (Fsp3) is 0.471. The molecule has 1 aliphatic rings. The van der Waals surface area contributed by atoms with E-state index in [4.69, 9.17) is 4.42 Å². The number of hydrogen-bond donors (Lipinski definition) is 2. The number of amides is 2. The largest absolute Gasteiger partial charge is 0.459 e. The number of likely N-dealkylation sites (tertiary alicyclic amines) is 1. The first kappa shape index (κ1) is 17.7. The number of nitrogens with zero attached hydrogens (tertiary/aromatic N) is 2. The van der Waals surface area contributed by atoms with Crippen molar-refractivity contribution >= 4 is 27.7 Å². The summed E-state index contributed by atoms with van der Waals surface area (Å²) in [5.41, 5.74) is 1.28. The molecule has 0 aliphatic carbocycles. The predicted molar refractivity (Wildman–Crippen MR) is 95.5 cm³/mol. The maximum atomic E-state index is 12.5. The third-order valence-corrected chi connectivity index (χ3v) is 5.18. The van der Waals surface area contributed by atoms with Gasteiger partial charge >= 0.3 is 0 Å². The van der Waals surface area contributed by atoms with E-state index in [0.29, 0.717) is 41.9 Å². The van der Waals surface area contributed by atoms with Crippen LogP contribution in [-0.2, 0) is 0 Å². The van der Waals surface area contributed by atoms with Gasteiger partial charge in [0.05, 0.1) is 16.4 Å². The second-order valence-corrected chi connectivity index (χ2v) is 7.26. The molecule has 7 nitrogen and oxygen atoms in total. The number of carbonyl (C=O) groups is 2. The van der Waals surface area contributed by atoms with Crippen LogP contribution in [0.15, 0.2) is 27.3 Å². The van der Waals surface area contributed by atoms with Gasteiger partial charge in [0.1, 0.15) is 0 Å². The molecular formula is C17H21BrN4O3. The minimum Gasteiger partial charge on any atom is -0.459 e. The number of aromatic amines is 1. The molecule has 2 aromatic rings. The second kappa shape index (κ2) is 7.43. The molecule has 2 aromatic heterocycles. The first-order chi connectivity index (χ1) is 12.0. The van der Waals surface area contributed by atoms with Gasteiger partial charge < -0.3 is 14.6 Å². The number of piperidine rings is 1. The molecule has 3 rings (SSSR count). The Morgan fingerprint density at radius 2 is 2.12 bits per heavy atom. The zero-order chi connectivity index (χ0) is 18.0. The summed E-state index contributed by atoms with van der Waals surface area (Å²) >= 11 is 3.45. The van der Waals surface area contributed by atoms with E-state index in [-0.39, 0.29) is 23.8 Å². The molecule has 3 heterocycles. The molecule has 134 valence electrons. The lowest BCUT2D eigenvalue weighted by atomic mass is 10.0. The number of H-pyrrole nitrogens is 1. The van der Waals surface area contributed by atoms with E-state index >= 15 is 0 Å². The van der Waals surface area contributed by atoms with Gasteiger partial charge in [-0.1, -0.05) is 13.8 Å². The number of rotatable bonds is 4.